The van der Waals surface area contributed by atoms with E-state index >= 15 is 0 Å². The number of aromatic amines is 1. The van der Waals surface area contributed by atoms with Gasteiger partial charge in [-0.15, -0.1) is 0 Å². The number of hydrogen-bond donors (Lipinski definition) is 2. The smallest absolute Gasteiger partial charge is 0.328 e. The van der Waals surface area contributed by atoms with Crippen LogP contribution in [0.3, 0.4) is 0 Å². The van der Waals surface area contributed by atoms with E-state index in [2.05, 4.69) is 4.98 Å². The maximum Gasteiger partial charge on any atom is 0.328 e. The number of rotatable bonds is 5. The van der Waals surface area contributed by atoms with E-state index in [1.807, 2.05) is 0 Å². The van der Waals surface area contributed by atoms with Crippen LogP contribution >= 0.6 is 0 Å². The van der Waals surface area contributed by atoms with Crippen molar-refractivity contribution in [3.05, 3.63) is 32.6 Å². The summed E-state index contributed by atoms with van der Waals surface area (Å²) in [6.45, 7) is 1.18. The number of nitrogens with zero attached hydrogens (tertiary/aromatic N) is 1. The monoisotopic (exact) mass is 230 g/mol. The minimum atomic E-state index is -0.973. The Labute approximate surface area is 91.6 Å². The molecular weight excluding hydrogens is 215 g/mol. The predicted molar refractivity (Wildman–Crippen MR) is 57.3 cm³/mol. The quantitative estimate of drug-likeness (QED) is 0.745. The van der Waals surface area contributed by atoms with Gasteiger partial charge in [-0.25, -0.2) is 9.18 Å². The molecule has 6 heteroatoms. The van der Waals surface area contributed by atoms with Gasteiger partial charge >= 0.3 is 5.69 Å². The first kappa shape index (κ1) is 12.6. The van der Waals surface area contributed by atoms with Crippen LogP contribution in [0.1, 0.15) is 18.4 Å². The summed E-state index contributed by atoms with van der Waals surface area (Å²) >= 11 is 0. The van der Waals surface area contributed by atoms with Gasteiger partial charge in [-0.1, -0.05) is 0 Å². The molecule has 1 heterocycles. The van der Waals surface area contributed by atoms with Crippen molar-refractivity contribution in [3.8, 4) is 0 Å². The van der Waals surface area contributed by atoms with Gasteiger partial charge in [0.25, 0.3) is 5.56 Å². The van der Waals surface area contributed by atoms with Crippen molar-refractivity contribution in [3.63, 3.8) is 0 Å². The number of alkyl halides is 1. The fraction of sp³-hybridized carbons (Fsp3) is 0.600. The minimum Gasteiger partial charge on any atom is -0.390 e. The first-order valence-corrected chi connectivity index (χ1v) is 5.09. The largest absolute Gasteiger partial charge is 0.390 e. The average Bonchev–Trinajstić information content (AvgIpc) is 2.25. The highest BCUT2D eigenvalue weighted by Gasteiger charge is 2.04. The SMILES string of the molecule is Cc1cn(CCCC(O)CF)c(=O)[nH]c1=O. The molecule has 0 saturated heterocycles. The van der Waals surface area contributed by atoms with Crippen LogP contribution in [-0.2, 0) is 6.54 Å². The lowest BCUT2D eigenvalue weighted by Crippen LogP contribution is -2.31. The van der Waals surface area contributed by atoms with Gasteiger partial charge in [0.05, 0.1) is 6.10 Å². The minimum absolute atomic E-state index is 0.293. The second kappa shape index (κ2) is 5.60. The molecular formula is C10H15FN2O3. The van der Waals surface area contributed by atoms with E-state index in [-0.39, 0.29) is 0 Å². The molecule has 1 aromatic heterocycles. The Kier molecular flexibility index (Phi) is 4.42. The molecule has 1 unspecified atom stereocenters. The number of aliphatic hydroxyl groups excluding tert-OH is 1. The molecule has 0 aliphatic carbocycles. The molecule has 0 spiro atoms. The third-order valence-corrected chi connectivity index (χ3v) is 2.30. The van der Waals surface area contributed by atoms with Gasteiger partial charge in [0.15, 0.2) is 0 Å². The van der Waals surface area contributed by atoms with E-state index < -0.39 is 24.0 Å². The lowest BCUT2D eigenvalue weighted by molar-refractivity contribution is 0.127. The molecule has 16 heavy (non-hydrogen) atoms. The van der Waals surface area contributed by atoms with Crippen LogP contribution in [0.4, 0.5) is 4.39 Å². The fourth-order valence-corrected chi connectivity index (χ4v) is 1.36. The normalized spacial score (nSPS) is 12.7. The van der Waals surface area contributed by atoms with E-state index in [0.717, 1.165) is 0 Å². The molecule has 0 fully saturated rings. The Morgan fingerprint density at radius 1 is 1.56 bits per heavy atom. The van der Waals surface area contributed by atoms with Crippen molar-refractivity contribution in [2.45, 2.75) is 32.4 Å². The van der Waals surface area contributed by atoms with Crippen molar-refractivity contribution >= 4 is 0 Å². The van der Waals surface area contributed by atoms with Gasteiger partial charge in [0.1, 0.15) is 6.67 Å². The highest BCUT2D eigenvalue weighted by atomic mass is 19.1. The summed E-state index contributed by atoms with van der Waals surface area (Å²) < 4.78 is 13.3. The molecule has 5 nitrogen and oxygen atoms in total. The highest BCUT2D eigenvalue weighted by molar-refractivity contribution is 5.00. The van der Waals surface area contributed by atoms with Crippen LogP contribution < -0.4 is 11.2 Å². The molecule has 1 atom stereocenters. The summed E-state index contributed by atoms with van der Waals surface area (Å²) in [5, 5.41) is 8.98. The average molecular weight is 230 g/mol. The van der Waals surface area contributed by atoms with E-state index in [1.165, 1.54) is 10.8 Å². The van der Waals surface area contributed by atoms with Crippen LogP contribution in [0.5, 0.6) is 0 Å². The second-order valence-electron chi connectivity index (χ2n) is 3.72. The van der Waals surface area contributed by atoms with Gasteiger partial charge in [-0.3, -0.25) is 9.78 Å². The second-order valence-corrected chi connectivity index (χ2v) is 3.72. The highest BCUT2D eigenvalue weighted by Crippen LogP contribution is 1.99. The van der Waals surface area contributed by atoms with E-state index in [9.17, 15) is 14.0 Å². The van der Waals surface area contributed by atoms with Crippen LogP contribution in [0.25, 0.3) is 0 Å². The predicted octanol–water partition coefficient (Wildman–Crippen LogP) is -0.0444. The Morgan fingerprint density at radius 3 is 2.88 bits per heavy atom. The molecule has 0 aliphatic heterocycles. The molecule has 0 bridgehead atoms. The van der Waals surface area contributed by atoms with Crippen molar-refractivity contribution in [1.29, 1.82) is 0 Å². The molecule has 2 N–H and O–H groups in total. The number of aromatic nitrogens is 2. The summed E-state index contributed by atoms with van der Waals surface area (Å²) in [7, 11) is 0. The van der Waals surface area contributed by atoms with Crippen molar-refractivity contribution in [2.24, 2.45) is 0 Å². The summed E-state index contributed by atoms with van der Waals surface area (Å²) in [5.74, 6) is 0. The number of aliphatic hydroxyl groups is 1. The summed E-state index contributed by atoms with van der Waals surface area (Å²) in [6, 6.07) is 0. The molecule has 0 radical (unpaired) electrons. The van der Waals surface area contributed by atoms with E-state index in [1.54, 1.807) is 6.92 Å². The zero-order valence-electron chi connectivity index (χ0n) is 9.07. The maximum absolute atomic E-state index is 11.9. The van der Waals surface area contributed by atoms with Crippen LogP contribution in [0, 0.1) is 6.92 Å². The Morgan fingerprint density at radius 2 is 2.25 bits per heavy atom. The maximum atomic E-state index is 11.9. The molecule has 1 rings (SSSR count). The number of nitrogens with one attached hydrogen (secondary N) is 1. The lowest BCUT2D eigenvalue weighted by atomic mass is 10.2. The van der Waals surface area contributed by atoms with Crippen molar-refractivity contribution < 1.29 is 9.50 Å². The number of H-pyrrole nitrogens is 1. The zero-order chi connectivity index (χ0) is 12.1. The Hall–Kier alpha value is -1.43. The molecule has 0 saturated carbocycles. The topological polar surface area (TPSA) is 75.1 Å². The van der Waals surface area contributed by atoms with Crippen molar-refractivity contribution in [1.82, 2.24) is 9.55 Å². The van der Waals surface area contributed by atoms with Crippen LogP contribution in [-0.4, -0.2) is 27.4 Å². The first-order valence-electron chi connectivity index (χ1n) is 5.09. The van der Waals surface area contributed by atoms with Gasteiger partial charge in [-0.2, -0.15) is 0 Å². The third-order valence-electron chi connectivity index (χ3n) is 2.30. The summed E-state index contributed by atoms with van der Waals surface area (Å²) in [5.41, 5.74) is -0.430. The number of hydrogen-bond acceptors (Lipinski definition) is 3. The summed E-state index contributed by atoms with van der Waals surface area (Å²) in [6.07, 6.45) is 1.26. The Balaban J connectivity index is 2.65. The van der Waals surface area contributed by atoms with Gasteiger partial charge in [-0.05, 0) is 19.8 Å². The molecule has 1 aromatic rings. The standard InChI is InChI=1S/C10H15FN2O3/c1-7-6-13(10(16)12-9(7)15)4-2-3-8(14)5-11/h6,8,14H,2-5H2,1H3,(H,12,15,16). The molecule has 0 aromatic carbocycles. The van der Waals surface area contributed by atoms with Gasteiger partial charge < -0.3 is 9.67 Å². The van der Waals surface area contributed by atoms with Crippen molar-refractivity contribution in [2.75, 3.05) is 6.67 Å². The number of halogens is 1. The summed E-state index contributed by atoms with van der Waals surface area (Å²) in [4.78, 5) is 24.5. The van der Waals surface area contributed by atoms with E-state index in [0.29, 0.717) is 24.9 Å². The fourth-order valence-electron chi connectivity index (χ4n) is 1.36. The molecule has 0 aliphatic rings. The lowest BCUT2D eigenvalue weighted by Gasteiger charge is -2.07. The third kappa shape index (κ3) is 3.30. The van der Waals surface area contributed by atoms with Gasteiger partial charge in [0.2, 0.25) is 0 Å². The number of aryl methyl sites for hydroxylation is 2. The van der Waals surface area contributed by atoms with E-state index in [4.69, 9.17) is 5.11 Å². The van der Waals surface area contributed by atoms with Crippen LogP contribution in [0.15, 0.2) is 15.8 Å². The zero-order valence-corrected chi connectivity index (χ0v) is 9.07. The molecule has 90 valence electrons. The molecule has 0 amide bonds. The first-order chi connectivity index (χ1) is 7.54. The van der Waals surface area contributed by atoms with Gasteiger partial charge in [0, 0.05) is 18.3 Å². The van der Waals surface area contributed by atoms with Crippen LogP contribution in [0.2, 0.25) is 0 Å². The Bertz CT molecular complexity index is 452.